The van der Waals surface area contributed by atoms with Crippen molar-refractivity contribution in [2.75, 3.05) is 0 Å². The molecule has 0 saturated heterocycles. The van der Waals surface area contributed by atoms with Gasteiger partial charge in [-0.15, -0.1) is 36.4 Å². The third-order valence-corrected chi connectivity index (χ3v) is 11.9. The molecule has 2 N–H and O–H groups in total. The van der Waals surface area contributed by atoms with Crippen molar-refractivity contribution in [3.8, 4) is 11.4 Å². The average molecular weight is 923 g/mol. The minimum Gasteiger partial charge on any atom is -0.744 e. The van der Waals surface area contributed by atoms with Gasteiger partial charge in [-0.1, -0.05) is 36.4 Å². The second-order valence-electron chi connectivity index (χ2n) is 12.0. The van der Waals surface area contributed by atoms with Gasteiger partial charge in [-0.2, -0.15) is 70.1 Å². The minimum atomic E-state index is -4.98. The molecule has 0 fully saturated rings. The quantitative estimate of drug-likeness (QED) is 0.0620. The molecule has 0 bridgehead atoms. The normalized spacial score (nSPS) is 12.3. The van der Waals surface area contributed by atoms with Crippen LogP contribution >= 0.6 is 0 Å². The van der Waals surface area contributed by atoms with Crippen LogP contribution < -0.4 is 118 Å². The van der Waals surface area contributed by atoms with E-state index in [9.17, 15) is 51.9 Å². The van der Waals surface area contributed by atoms with Crippen molar-refractivity contribution in [3.05, 3.63) is 108 Å². The molecule has 60 heavy (non-hydrogen) atoms. The van der Waals surface area contributed by atoms with E-state index < -0.39 is 60.1 Å². The van der Waals surface area contributed by atoms with E-state index in [1.807, 2.05) is 0 Å². The molecular formula is C34H18N6Na4O12S4. The van der Waals surface area contributed by atoms with Crippen LogP contribution in [0.4, 0.5) is 0 Å². The molecule has 0 aliphatic carbocycles. The third kappa shape index (κ3) is 9.88. The molecular weight excluding hydrogens is 905 g/mol. The largest absolute Gasteiger partial charge is 1.00 e. The van der Waals surface area contributed by atoms with Gasteiger partial charge < -0.3 is 9.11 Å². The molecule has 0 unspecified atom stereocenters. The molecule has 0 aliphatic heterocycles. The maximum Gasteiger partial charge on any atom is 1.00 e. The van der Waals surface area contributed by atoms with Gasteiger partial charge in [0.25, 0.3) is 20.2 Å². The summed E-state index contributed by atoms with van der Waals surface area (Å²) in [5, 5.41) is 17.8. The molecule has 0 amide bonds. The minimum absolute atomic E-state index is 0. The summed E-state index contributed by atoms with van der Waals surface area (Å²) in [6.07, 6.45) is 2.61. The topological polar surface area (TPSA) is 285 Å². The summed E-state index contributed by atoms with van der Waals surface area (Å²) >= 11 is 0. The molecule has 2 aromatic heterocycles. The molecule has 6 aromatic carbocycles. The van der Waals surface area contributed by atoms with E-state index in [4.69, 9.17) is 0 Å². The summed E-state index contributed by atoms with van der Waals surface area (Å²) < 4.78 is 141. The average Bonchev–Trinajstić information content (AvgIpc) is 3.77. The van der Waals surface area contributed by atoms with Crippen molar-refractivity contribution in [1.82, 2.24) is 30.0 Å². The smallest absolute Gasteiger partial charge is 0.744 e. The van der Waals surface area contributed by atoms with Gasteiger partial charge in [-0.25, -0.2) is 16.8 Å². The Morgan fingerprint density at radius 1 is 0.483 bits per heavy atom. The molecule has 0 radical (unpaired) electrons. The summed E-state index contributed by atoms with van der Waals surface area (Å²) in [5.74, 6) is 0. The molecule has 8 rings (SSSR count). The number of benzene rings is 6. The standard InChI is InChI=1S/C34H20N6O12S4.4Na/c41-53(42,43)29-5-1-3-23-21(29)11-13-25-33(23)37-39(35-25)27-15-9-19(17-31(27)55(47,48)49)7-8-20-10-16-28(32(18-20)56(50,51)52)40-36-26-14-12-22-24(34(26)38-40)4-2-6-30(22)54(44,45)46;;;;/h1-16H,(H,41,42,43)(H,44,45,46)(H,47,48,49)(H,50,51,52);;;;/q-2;4*+1/p-2. The van der Waals surface area contributed by atoms with Gasteiger partial charge in [-0.3, -0.25) is 9.11 Å². The fraction of sp³-hybridized carbons (Fsp3) is 0. The van der Waals surface area contributed by atoms with Crippen LogP contribution in [-0.4, -0.2) is 81.9 Å². The molecule has 0 saturated carbocycles. The van der Waals surface area contributed by atoms with E-state index in [1.165, 1.54) is 84.9 Å². The zero-order valence-electron chi connectivity index (χ0n) is 31.5. The molecule has 18 nitrogen and oxygen atoms in total. The Hall–Kier alpha value is -1.98. The second kappa shape index (κ2) is 18.6. The maximum absolute atomic E-state index is 12.5. The number of rotatable bonds is 8. The van der Waals surface area contributed by atoms with Gasteiger partial charge in [0.05, 0.1) is 9.79 Å². The van der Waals surface area contributed by atoms with E-state index in [-0.39, 0.29) is 184 Å². The number of hydrogen-bond donors (Lipinski definition) is 2. The Labute approximate surface area is 429 Å². The van der Waals surface area contributed by atoms with Gasteiger partial charge >= 0.3 is 118 Å². The number of aromatic nitrogens is 6. The van der Waals surface area contributed by atoms with Gasteiger partial charge in [-0.05, 0) is 24.3 Å². The van der Waals surface area contributed by atoms with Crippen LogP contribution in [0, 0.1) is 12.1 Å². The first-order valence-electron chi connectivity index (χ1n) is 15.5. The Bertz CT molecular complexity index is 3280. The zero-order valence-corrected chi connectivity index (χ0v) is 42.8. The van der Waals surface area contributed by atoms with Crippen LogP contribution in [-0.2, 0) is 40.5 Å². The van der Waals surface area contributed by atoms with Crippen molar-refractivity contribution >= 4 is 96.2 Å². The summed E-state index contributed by atoms with van der Waals surface area (Å²) in [7, 11) is -19.7. The SMILES string of the molecule is O=S(=O)([O-])c1cccc2c1ccc1nn(-c3ccc(C=Cc4[c-]c(S(=O)(=O)O)c(-n5nc6ccc7c(S(=O)(=O)[O-])cccc7c6n5)cc4)[c-]c3S(=O)(=O)O)nc12.[Na+].[Na+].[Na+].[Na+]. The Balaban J connectivity index is 0.00000198. The second-order valence-corrected chi connectivity index (χ2v) is 17.4. The fourth-order valence-corrected chi connectivity index (χ4v) is 8.82. The molecule has 284 valence electrons. The van der Waals surface area contributed by atoms with Crippen molar-refractivity contribution in [2.24, 2.45) is 0 Å². The molecule has 2 heterocycles. The van der Waals surface area contributed by atoms with Crippen LogP contribution in [0.1, 0.15) is 11.1 Å². The monoisotopic (exact) mass is 922 g/mol. The summed E-state index contributed by atoms with van der Waals surface area (Å²) in [4.78, 5) is -0.698. The van der Waals surface area contributed by atoms with E-state index in [1.54, 1.807) is 0 Å². The maximum atomic E-state index is 12.5. The number of hydrogen-bond acceptors (Lipinski definition) is 14. The van der Waals surface area contributed by atoms with Gasteiger partial charge in [0.15, 0.2) is 0 Å². The van der Waals surface area contributed by atoms with E-state index in [0.717, 1.165) is 21.7 Å². The Morgan fingerprint density at radius 3 is 1.18 bits per heavy atom. The first kappa shape index (κ1) is 50.7. The van der Waals surface area contributed by atoms with Crippen LogP contribution in [0.25, 0.3) is 67.1 Å². The van der Waals surface area contributed by atoms with Crippen LogP contribution in [0.15, 0.2) is 105 Å². The van der Waals surface area contributed by atoms with E-state index in [2.05, 4.69) is 32.5 Å². The van der Waals surface area contributed by atoms with Crippen molar-refractivity contribution in [1.29, 1.82) is 0 Å². The molecule has 8 aromatic rings. The van der Waals surface area contributed by atoms with Crippen LogP contribution in [0.3, 0.4) is 0 Å². The summed E-state index contributed by atoms with van der Waals surface area (Å²) in [6, 6.07) is 23.8. The Kier molecular flexibility index (Phi) is 15.7. The zero-order chi connectivity index (χ0) is 39.9. The van der Waals surface area contributed by atoms with E-state index >= 15 is 0 Å². The fourth-order valence-electron chi connectivity index (χ4n) is 6.11. The van der Waals surface area contributed by atoms with E-state index in [0.29, 0.717) is 0 Å². The van der Waals surface area contributed by atoms with Crippen molar-refractivity contribution in [2.45, 2.75) is 19.6 Å². The van der Waals surface area contributed by atoms with Crippen LogP contribution in [0.5, 0.6) is 0 Å². The van der Waals surface area contributed by atoms with Gasteiger partial charge in [0, 0.05) is 42.7 Å². The van der Waals surface area contributed by atoms with Crippen LogP contribution in [0.2, 0.25) is 0 Å². The van der Waals surface area contributed by atoms with Gasteiger partial charge in [0.2, 0.25) is 0 Å². The first-order valence-corrected chi connectivity index (χ1v) is 21.2. The molecule has 26 heteroatoms. The van der Waals surface area contributed by atoms with Crippen molar-refractivity contribution in [3.63, 3.8) is 0 Å². The number of fused-ring (bicyclic) bond motifs is 6. The predicted octanol–water partition coefficient (Wildman–Crippen LogP) is -8.45. The number of nitrogens with zero attached hydrogens (tertiary/aromatic N) is 6. The summed E-state index contributed by atoms with van der Waals surface area (Å²) in [6.45, 7) is 0. The molecule has 0 aliphatic rings. The molecule has 0 spiro atoms. The Morgan fingerprint density at radius 2 is 0.850 bits per heavy atom. The third-order valence-electron chi connectivity index (χ3n) is 8.49. The summed E-state index contributed by atoms with van der Waals surface area (Å²) in [5.41, 5.74) is 0.287. The van der Waals surface area contributed by atoms with Crippen molar-refractivity contribution < 1.29 is 170 Å². The predicted molar refractivity (Wildman–Crippen MR) is 195 cm³/mol. The first-order chi connectivity index (χ1) is 26.3. The van der Waals surface area contributed by atoms with Gasteiger partial charge in [0.1, 0.15) is 42.3 Å². The molecule has 0 atom stereocenters.